The fourth-order valence-electron chi connectivity index (χ4n) is 5.15. The normalized spacial score (nSPS) is 19.0. The number of aliphatic hydroxyl groups excluding tert-OH is 1. The molecule has 3 heterocycles. The zero-order valence-electron chi connectivity index (χ0n) is 23.6. The Morgan fingerprint density at radius 1 is 1.12 bits per heavy atom. The molecule has 10 heteroatoms. The Kier molecular flexibility index (Phi) is 8.70. The molecule has 2 N–H and O–H groups in total. The Bertz CT molecular complexity index is 1380. The fourth-order valence-corrected chi connectivity index (χ4v) is 5.15. The van der Waals surface area contributed by atoms with E-state index in [-0.39, 0.29) is 49.7 Å². The number of aromatic nitrogens is 1. The number of likely N-dealkylation sites (N-methyl/N-ethyl adjacent to an activating group) is 1. The first-order valence-electron chi connectivity index (χ1n) is 13.8. The zero-order chi connectivity index (χ0) is 28.9. The lowest BCUT2D eigenvalue weighted by atomic mass is 10.0. The molecule has 3 atom stereocenters. The molecule has 216 valence electrons. The summed E-state index contributed by atoms with van der Waals surface area (Å²) in [4.78, 5) is 34.1. The van der Waals surface area contributed by atoms with Crippen LogP contribution >= 0.6 is 0 Å². The molecule has 0 radical (unpaired) electrons. The molecule has 41 heavy (non-hydrogen) atoms. The van der Waals surface area contributed by atoms with Crippen molar-refractivity contribution in [1.29, 1.82) is 0 Å². The van der Waals surface area contributed by atoms with E-state index in [0.717, 1.165) is 17.1 Å². The van der Waals surface area contributed by atoms with Gasteiger partial charge in [0.05, 0.1) is 19.1 Å². The fraction of sp³-hybridized carbons (Fsp3) is 0.387. The molecule has 0 bridgehead atoms. The van der Waals surface area contributed by atoms with E-state index >= 15 is 0 Å². The van der Waals surface area contributed by atoms with Crippen LogP contribution in [0.15, 0.2) is 60.9 Å². The van der Waals surface area contributed by atoms with E-state index in [1.807, 2.05) is 38.2 Å². The Balaban J connectivity index is 1.38. The highest BCUT2D eigenvalue weighted by Gasteiger charge is 2.31. The first-order valence-corrected chi connectivity index (χ1v) is 13.8. The van der Waals surface area contributed by atoms with Gasteiger partial charge in [0.1, 0.15) is 11.9 Å². The molecule has 2 amide bonds. The number of hydrogen-bond acceptors (Lipinski definition) is 8. The van der Waals surface area contributed by atoms with Gasteiger partial charge in [-0.15, -0.1) is 0 Å². The molecule has 0 fully saturated rings. The van der Waals surface area contributed by atoms with Crippen molar-refractivity contribution in [3.05, 3.63) is 77.6 Å². The predicted molar refractivity (Wildman–Crippen MR) is 153 cm³/mol. The number of nitrogens with zero attached hydrogens (tertiary/aromatic N) is 3. The van der Waals surface area contributed by atoms with E-state index in [9.17, 15) is 14.7 Å². The minimum atomic E-state index is -0.340. The van der Waals surface area contributed by atoms with Crippen molar-refractivity contribution in [1.82, 2.24) is 14.8 Å². The maximum atomic E-state index is 13.5. The highest BCUT2D eigenvalue weighted by atomic mass is 16.7. The van der Waals surface area contributed by atoms with E-state index < -0.39 is 0 Å². The van der Waals surface area contributed by atoms with Gasteiger partial charge in [-0.1, -0.05) is 13.0 Å². The van der Waals surface area contributed by atoms with Crippen LogP contribution in [0, 0.1) is 5.92 Å². The summed E-state index contributed by atoms with van der Waals surface area (Å²) in [6.07, 6.45) is 2.97. The molecular formula is C31H36N4O6. The quantitative estimate of drug-likeness (QED) is 0.431. The van der Waals surface area contributed by atoms with E-state index in [1.165, 1.54) is 0 Å². The number of hydrogen-bond donors (Lipinski definition) is 2. The van der Waals surface area contributed by atoms with Crippen LogP contribution in [-0.2, 0) is 17.8 Å². The number of benzene rings is 2. The number of carbonyl (C=O) groups excluding carboxylic acids is 2. The average Bonchev–Trinajstić information content (AvgIpc) is 3.45. The minimum absolute atomic E-state index is 0.0239. The van der Waals surface area contributed by atoms with Crippen LogP contribution in [-0.4, -0.2) is 77.4 Å². The smallest absolute Gasteiger partial charge is 0.255 e. The summed E-state index contributed by atoms with van der Waals surface area (Å²) in [5.74, 6) is 1.71. The van der Waals surface area contributed by atoms with Gasteiger partial charge in [-0.05, 0) is 62.0 Å². The maximum absolute atomic E-state index is 13.5. The average molecular weight is 561 g/mol. The van der Waals surface area contributed by atoms with Crippen LogP contribution in [0.3, 0.4) is 0 Å². The lowest BCUT2D eigenvalue weighted by molar-refractivity contribution is -0.134. The van der Waals surface area contributed by atoms with E-state index in [1.54, 1.807) is 41.6 Å². The summed E-state index contributed by atoms with van der Waals surface area (Å²) in [5, 5.41) is 12.8. The van der Waals surface area contributed by atoms with Crippen molar-refractivity contribution in [2.24, 2.45) is 5.92 Å². The van der Waals surface area contributed by atoms with Crippen molar-refractivity contribution < 1.29 is 28.9 Å². The topological polar surface area (TPSA) is 113 Å². The number of ether oxygens (including phenoxy) is 3. The molecule has 5 rings (SSSR count). The number of carbonyl (C=O) groups is 2. The summed E-state index contributed by atoms with van der Waals surface area (Å²) in [6, 6.07) is 14.3. The highest BCUT2D eigenvalue weighted by Crippen LogP contribution is 2.33. The van der Waals surface area contributed by atoms with E-state index in [0.29, 0.717) is 42.2 Å². The monoisotopic (exact) mass is 560 g/mol. The third kappa shape index (κ3) is 6.78. The Morgan fingerprint density at radius 2 is 1.88 bits per heavy atom. The van der Waals surface area contributed by atoms with Gasteiger partial charge in [0.15, 0.2) is 11.5 Å². The van der Waals surface area contributed by atoms with Crippen molar-refractivity contribution in [3.8, 4) is 17.2 Å². The van der Waals surface area contributed by atoms with Crippen LogP contribution < -0.4 is 19.5 Å². The number of anilines is 1. The lowest BCUT2D eigenvalue weighted by Gasteiger charge is -2.34. The maximum Gasteiger partial charge on any atom is 0.255 e. The van der Waals surface area contributed by atoms with Crippen LogP contribution in [0.4, 0.5) is 5.69 Å². The second-order valence-electron chi connectivity index (χ2n) is 10.8. The number of pyridine rings is 1. The standard InChI is InChI=1S/C31H36N4O6/c1-20-15-35(21(2)18-36)30(37)14-24-13-25(33-31(38)23-8-10-32-11-9-23)5-7-26(24)41-29(20)17-34(3)16-22-4-6-27-28(12-22)40-19-39-27/h4-13,20-21,29,36H,14-19H2,1-3H3,(H,33,38)/t20-,21+,29-/m1/s1. The van der Waals surface area contributed by atoms with Gasteiger partial charge >= 0.3 is 0 Å². The molecule has 10 nitrogen and oxygen atoms in total. The summed E-state index contributed by atoms with van der Waals surface area (Å²) < 4.78 is 17.6. The molecule has 2 aromatic carbocycles. The van der Waals surface area contributed by atoms with Crippen molar-refractivity contribution >= 4 is 17.5 Å². The molecule has 1 aromatic heterocycles. The summed E-state index contributed by atoms with van der Waals surface area (Å²) in [7, 11) is 2.03. The Hall–Kier alpha value is -4.15. The van der Waals surface area contributed by atoms with Gasteiger partial charge in [0.25, 0.3) is 5.91 Å². The van der Waals surface area contributed by atoms with Gasteiger partial charge in [0, 0.05) is 54.8 Å². The third-order valence-corrected chi connectivity index (χ3v) is 7.50. The van der Waals surface area contributed by atoms with Gasteiger partial charge in [-0.2, -0.15) is 0 Å². The van der Waals surface area contributed by atoms with Gasteiger partial charge in [-0.25, -0.2) is 0 Å². The van der Waals surface area contributed by atoms with E-state index in [2.05, 4.69) is 22.1 Å². The first-order chi connectivity index (χ1) is 19.8. The summed E-state index contributed by atoms with van der Waals surface area (Å²) in [5.41, 5.74) is 2.81. The van der Waals surface area contributed by atoms with Crippen LogP contribution in [0.25, 0.3) is 0 Å². The first kappa shape index (κ1) is 28.4. The molecule has 0 saturated heterocycles. The molecule has 0 aliphatic carbocycles. The number of aliphatic hydroxyl groups is 1. The number of rotatable bonds is 8. The highest BCUT2D eigenvalue weighted by molar-refractivity contribution is 6.04. The number of nitrogens with one attached hydrogen (secondary N) is 1. The second-order valence-corrected chi connectivity index (χ2v) is 10.8. The van der Waals surface area contributed by atoms with Crippen molar-refractivity contribution in [3.63, 3.8) is 0 Å². The zero-order valence-corrected chi connectivity index (χ0v) is 23.6. The second kappa shape index (κ2) is 12.6. The van der Waals surface area contributed by atoms with Crippen molar-refractivity contribution in [2.45, 2.75) is 39.0 Å². The van der Waals surface area contributed by atoms with Gasteiger partial charge in [0.2, 0.25) is 12.7 Å². The molecule has 3 aromatic rings. The Morgan fingerprint density at radius 3 is 2.66 bits per heavy atom. The SMILES string of the molecule is C[C@@H]1CN([C@@H](C)CO)C(=O)Cc2cc(NC(=O)c3ccncc3)ccc2O[C@@H]1CN(C)Cc1ccc2c(c1)OCO2. The lowest BCUT2D eigenvalue weighted by Crippen LogP contribution is -2.47. The minimum Gasteiger partial charge on any atom is -0.488 e. The van der Waals surface area contributed by atoms with Crippen LogP contribution in [0.5, 0.6) is 17.2 Å². The third-order valence-electron chi connectivity index (χ3n) is 7.50. The molecule has 2 aliphatic rings. The molecule has 0 spiro atoms. The molecular weight excluding hydrogens is 524 g/mol. The Labute approximate surface area is 239 Å². The van der Waals surface area contributed by atoms with Gasteiger partial charge in [-0.3, -0.25) is 19.5 Å². The molecule has 0 unspecified atom stereocenters. The largest absolute Gasteiger partial charge is 0.488 e. The summed E-state index contributed by atoms with van der Waals surface area (Å²) in [6.45, 7) is 5.73. The number of fused-ring (bicyclic) bond motifs is 2. The predicted octanol–water partition coefficient (Wildman–Crippen LogP) is 3.34. The van der Waals surface area contributed by atoms with E-state index in [4.69, 9.17) is 14.2 Å². The summed E-state index contributed by atoms with van der Waals surface area (Å²) >= 11 is 0. The van der Waals surface area contributed by atoms with Gasteiger partial charge < -0.3 is 29.5 Å². The molecule has 0 saturated carbocycles. The van der Waals surface area contributed by atoms with Crippen LogP contribution in [0.2, 0.25) is 0 Å². The van der Waals surface area contributed by atoms with Crippen LogP contribution in [0.1, 0.15) is 35.3 Å². The molecule has 2 aliphatic heterocycles. The number of amides is 2. The van der Waals surface area contributed by atoms with Crippen molar-refractivity contribution in [2.75, 3.05) is 38.9 Å².